The van der Waals surface area contributed by atoms with Gasteiger partial charge in [0.2, 0.25) is 12.2 Å². The van der Waals surface area contributed by atoms with E-state index in [0.717, 1.165) is 13.5 Å². The Morgan fingerprint density at radius 1 is 0.891 bits per heavy atom. The van der Waals surface area contributed by atoms with Crippen molar-refractivity contribution in [3.8, 4) is 11.8 Å². The summed E-state index contributed by atoms with van der Waals surface area (Å²) in [6.45, 7) is 3.18. The fraction of sp³-hybridized carbons (Fsp3) is 0.524. The molecule has 5 rings (SSSR count). The van der Waals surface area contributed by atoms with Crippen LogP contribution in [0.1, 0.15) is 44.6 Å². The highest BCUT2D eigenvalue weighted by atomic mass is 16.7. The number of carbonyl (C=O) groups excluding carboxylic acids is 4. The molecule has 22 nitrogen and oxygen atoms in total. The number of methoxy groups -OCH3 is 1. The van der Waals surface area contributed by atoms with E-state index in [0.29, 0.717) is 35.5 Å². The number of ether oxygens (including phenoxy) is 4. The minimum atomic E-state index is -1.56. The van der Waals surface area contributed by atoms with Crippen LogP contribution in [0.2, 0.25) is 0 Å². The third kappa shape index (κ3) is 11.5. The second kappa shape index (κ2) is 21.4. The predicted molar refractivity (Wildman–Crippen MR) is 222 cm³/mol. The summed E-state index contributed by atoms with van der Waals surface area (Å²) < 4.78 is 23.4. The van der Waals surface area contributed by atoms with E-state index in [9.17, 15) is 48.9 Å². The van der Waals surface area contributed by atoms with Gasteiger partial charge in [-0.3, -0.25) is 23.7 Å². The molecule has 3 N–H and O–H groups in total. The van der Waals surface area contributed by atoms with Gasteiger partial charge in [-0.2, -0.15) is 5.26 Å². The van der Waals surface area contributed by atoms with Crippen molar-refractivity contribution < 1.29 is 67.8 Å². The highest BCUT2D eigenvalue weighted by molar-refractivity contribution is 5.95. The molecule has 64 heavy (non-hydrogen) atoms. The highest BCUT2D eigenvalue weighted by Crippen LogP contribution is 2.42. The van der Waals surface area contributed by atoms with E-state index in [1.54, 1.807) is 36.3 Å². The molecule has 0 bridgehead atoms. The van der Waals surface area contributed by atoms with Gasteiger partial charge in [0.25, 0.3) is 0 Å². The van der Waals surface area contributed by atoms with Crippen LogP contribution in [0.5, 0.6) is 5.75 Å². The number of anilines is 1. The van der Waals surface area contributed by atoms with Gasteiger partial charge >= 0.3 is 36.0 Å². The van der Waals surface area contributed by atoms with Crippen LogP contribution >= 0.6 is 0 Å². The summed E-state index contributed by atoms with van der Waals surface area (Å²) in [5.74, 6) is -7.78. The average Bonchev–Trinajstić information content (AvgIpc) is 3.70. The number of benzene rings is 1. The SMILES string of the molecule is COC(=O)[C@H]1O[C@@H](Oc2ccc(COC(=O)N(C)CCN(C)C(=O)n3ccc4c(N(C)[C@H]5CN(C(=O)CC#N)CC[C@H]5C)ncnc43)cc2)[C@H](CC(=O)O)[C@@H](CC(=O)O)[C@@H]1CC(=O)O. The number of carbonyl (C=O) groups is 7. The molecule has 0 aliphatic carbocycles. The lowest BCUT2D eigenvalue weighted by Crippen LogP contribution is -2.54. The minimum absolute atomic E-state index is 0.0884. The van der Waals surface area contributed by atoms with Crippen LogP contribution in [-0.4, -0.2) is 159 Å². The van der Waals surface area contributed by atoms with E-state index in [-0.39, 0.29) is 49.7 Å². The maximum absolute atomic E-state index is 13.6. The van der Waals surface area contributed by atoms with Gasteiger partial charge in [-0.15, -0.1) is 0 Å². The van der Waals surface area contributed by atoms with Crippen molar-refractivity contribution >= 4 is 58.8 Å². The Hall–Kier alpha value is -7.02. The molecule has 0 radical (unpaired) electrons. The Labute approximate surface area is 367 Å². The molecule has 22 heteroatoms. The van der Waals surface area contributed by atoms with Gasteiger partial charge in [0.15, 0.2) is 11.8 Å². The van der Waals surface area contributed by atoms with Crippen LogP contribution in [-0.2, 0) is 44.8 Å². The number of hydrogen-bond acceptors (Lipinski definition) is 15. The first-order valence-corrected chi connectivity index (χ1v) is 20.4. The Morgan fingerprint density at radius 3 is 2.17 bits per heavy atom. The van der Waals surface area contributed by atoms with Crippen LogP contribution in [0.25, 0.3) is 11.0 Å². The summed E-state index contributed by atoms with van der Waals surface area (Å²) >= 11 is 0. The second-order valence-corrected chi connectivity index (χ2v) is 15.9. The number of likely N-dealkylation sites (tertiary alicyclic amines) is 1. The van der Waals surface area contributed by atoms with Crippen molar-refractivity contribution in [3.63, 3.8) is 0 Å². The smallest absolute Gasteiger partial charge is 0.409 e. The number of aliphatic carboxylic acids is 3. The first-order chi connectivity index (χ1) is 30.4. The summed E-state index contributed by atoms with van der Waals surface area (Å²) in [5.41, 5.74) is 0.905. The number of hydrogen-bond donors (Lipinski definition) is 3. The lowest BCUT2D eigenvalue weighted by Gasteiger charge is -2.44. The summed E-state index contributed by atoms with van der Waals surface area (Å²) in [7, 11) is 6.03. The summed E-state index contributed by atoms with van der Waals surface area (Å²) in [6.07, 6.45) is -2.15. The number of rotatable bonds is 17. The maximum Gasteiger partial charge on any atom is 0.409 e. The molecule has 2 saturated heterocycles. The first-order valence-electron chi connectivity index (χ1n) is 20.4. The standard InChI is InChI=1S/C42H52N8O14/c1-24-11-14-49(32(51)10-13-43)21-31(24)48(4)37-27-12-15-50(38(27)45-23-44-37)41(59)46(2)16-17-47(3)42(60)62-22-25-6-8-26(9-7-25)63-40-30(20-35(56)57)28(18-33(52)53)29(19-34(54)55)36(64-40)39(58)61-5/h6-9,12,15,23-24,28-31,36,40H,10-11,14,16-22H2,1-5H3,(H,52,53)(H,54,55)(H,56,57)/t24-,28+,29+,30-,31+,36+,40-/m1/s1. The Morgan fingerprint density at radius 2 is 1.53 bits per heavy atom. The van der Waals surface area contributed by atoms with Crippen LogP contribution in [0.4, 0.5) is 15.4 Å². The molecule has 3 aromatic rings. The van der Waals surface area contributed by atoms with E-state index < -0.39 is 85.4 Å². The van der Waals surface area contributed by atoms with Crippen LogP contribution in [0.3, 0.4) is 0 Å². The molecule has 2 aromatic heterocycles. The molecule has 0 unspecified atom stereocenters. The largest absolute Gasteiger partial charge is 0.481 e. The highest BCUT2D eigenvalue weighted by Gasteiger charge is 2.51. The second-order valence-electron chi connectivity index (χ2n) is 15.9. The van der Waals surface area contributed by atoms with Crippen LogP contribution < -0.4 is 9.64 Å². The molecule has 2 aliphatic heterocycles. The van der Waals surface area contributed by atoms with E-state index in [2.05, 4.69) is 16.9 Å². The zero-order valence-corrected chi connectivity index (χ0v) is 36.1. The number of carboxylic acids is 3. The van der Waals surface area contributed by atoms with Gasteiger partial charge in [-0.05, 0) is 42.0 Å². The average molecular weight is 893 g/mol. The predicted octanol–water partition coefficient (Wildman–Crippen LogP) is 2.74. The zero-order chi connectivity index (χ0) is 46.8. The quantitative estimate of drug-likeness (QED) is 0.164. The van der Waals surface area contributed by atoms with Crippen molar-refractivity contribution in [1.82, 2.24) is 29.2 Å². The van der Waals surface area contributed by atoms with Crippen molar-refractivity contribution in [2.75, 3.05) is 59.3 Å². The summed E-state index contributed by atoms with van der Waals surface area (Å²) in [6, 6.07) is 9.23. The topological polar surface area (TPSA) is 285 Å². The first kappa shape index (κ1) is 48.0. The molecule has 344 valence electrons. The Kier molecular flexibility index (Phi) is 16.0. The van der Waals surface area contributed by atoms with Gasteiger partial charge in [0, 0.05) is 71.8 Å². The molecule has 1 aromatic carbocycles. The molecule has 2 fully saturated rings. The summed E-state index contributed by atoms with van der Waals surface area (Å²) in [5, 5.41) is 38.5. The van der Waals surface area contributed by atoms with E-state index in [1.807, 2.05) is 18.0 Å². The molecule has 7 atom stereocenters. The number of amides is 3. The number of fused-ring (bicyclic) bond motifs is 1. The number of piperidine rings is 1. The molecule has 2 aliphatic rings. The van der Waals surface area contributed by atoms with Crippen molar-refractivity contribution in [1.29, 1.82) is 5.26 Å². The molecule has 0 spiro atoms. The lowest BCUT2D eigenvalue weighted by atomic mass is 9.71. The van der Waals surface area contributed by atoms with Crippen molar-refractivity contribution in [2.45, 2.75) is 64.1 Å². The third-order valence-electron chi connectivity index (χ3n) is 11.7. The van der Waals surface area contributed by atoms with Crippen LogP contribution in [0.15, 0.2) is 42.9 Å². The number of likely N-dealkylation sites (N-methyl/N-ethyl adjacent to an activating group) is 3. The third-order valence-corrected chi connectivity index (χ3v) is 11.7. The van der Waals surface area contributed by atoms with Gasteiger partial charge in [0.1, 0.15) is 30.9 Å². The number of nitrogens with zero attached hydrogens (tertiary/aromatic N) is 8. The van der Waals surface area contributed by atoms with E-state index in [1.165, 1.54) is 39.9 Å². The fourth-order valence-corrected chi connectivity index (χ4v) is 8.18. The van der Waals surface area contributed by atoms with E-state index in [4.69, 9.17) is 24.2 Å². The zero-order valence-electron chi connectivity index (χ0n) is 36.1. The fourth-order valence-electron chi connectivity index (χ4n) is 8.18. The molecule has 4 heterocycles. The van der Waals surface area contributed by atoms with Crippen molar-refractivity contribution in [3.05, 3.63) is 48.4 Å². The van der Waals surface area contributed by atoms with Crippen LogP contribution in [0, 0.1) is 35.0 Å². The Balaban J connectivity index is 1.17. The van der Waals surface area contributed by atoms with E-state index >= 15 is 0 Å². The lowest BCUT2D eigenvalue weighted by molar-refractivity contribution is -0.233. The van der Waals surface area contributed by atoms with Gasteiger partial charge in [0.05, 0.1) is 37.4 Å². The maximum atomic E-state index is 13.6. The number of esters is 1. The Bertz CT molecular complexity index is 2250. The van der Waals surface area contributed by atoms with Gasteiger partial charge < -0.3 is 53.9 Å². The molecular weight excluding hydrogens is 841 g/mol. The monoisotopic (exact) mass is 892 g/mol. The normalized spacial score (nSPS) is 21.8. The molecule has 0 saturated carbocycles. The number of carboxylic acid groups (broad SMARTS) is 3. The molecule has 3 amide bonds. The minimum Gasteiger partial charge on any atom is -0.481 e. The molecular formula is C42H52N8O14. The van der Waals surface area contributed by atoms with Crippen molar-refractivity contribution in [2.24, 2.45) is 23.7 Å². The number of aromatic nitrogens is 3. The summed E-state index contributed by atoms with van der Waals surface area (Å²) in [4.78, 5) is 102. The number of nitriles is 1. The van der Waals surface area contributed by atoms with Gasteiger partial charge in [-0.25, -0.2) is 24.4 Å². The van der Waals surface area contributed by atoms with Gasteiger partial charge in [-0.1, -0.05) is 19.1 Å².